The molecule has 2 aliphatic heterocycles. The highest BCUT2D eigenvalue weighted by atomic mass is 16.6. The van der Waals surface area contributed by atoms with Crippen LogP contribution in [0.1, 0.15) is 12.8 Å². The summed E-state index contributed by atoms with van der Waals surface area (Å²) in [6, 6.07) is -1.13. The maximum Gasteiger partial charge on any atom is 0.183 e. The maximum absolute atomic E-state index is 9.83. The van der Waals surface area contributed by atoms with Crippen LogP contribution in [0.4, 0.5) is 0 Å². The maximum atomic E-state index is 9.83. The molecule has 2 fully saturated rings. The predicted molar refractivity (Wildman–Crippen MR) is 67.9 cm³/mol. The molecule has 0 aromatic heterocycles. The van der Waals surface area contributed by atoms with E-state index in [1.165, 1.54) is 0 Å². The fraction of sp³-hybridized carbons (Fsp3) is 1.00. The van der Waals surface area contributed by atoms with E-state index in [9.17, 15) is 30.6 Å². The Labute approximate surface area is 121 Å². The van der Waals surface area contributed by atoms with Crippen molar-refractivity contribution in [2.24, 2.45) is 0 Å². The minimum absolute atomic E-state index is 0.182. The Kier molecular flexibility index (Phi) is 5.52. The fourth-order valence-electron chi connectivity index (χ4n) is 2.88. The summed E-state index contributed by atoms with van der Waals surface area (Å²) in [6.45, 7) is -0.319. The van der Waals surface area contributed by atoms with Gasteiger partial charge in [-0.1, -0.05) is 0 Å². The van der Waals surface area contributed by atoms with E-state index in [1.54, 1.807) is 0 Å². The number of hydrogen-bond donors (Lipinski definition) is 8. The quantitative estimate of drug-likeness (QED) is 0.256. The number of nitrogens with one attached hydrogen (secondary N) is 1. The summed E-state index contributed by atoms with van der Waals surface area (Å²) in [5, 5.41) is 69.6. The molecule has 9 nitrogen and oxygen atoms in total. The molecule has 0 radical (unpaired) electrons. The highest BCUT2D eigenvalue weighted by molar-refractivity contribution is 4.98. The van der Waals surface area contributed by atoms with Gasteiger partial charge >= 0.3 is 0 Å². The zero-order chi connectivity index (χ0) is 15.7. The molecule has 2 rings (SSSR count). The first-order chi connectivity index (χ1) is 9.86. The summed E-state index contributed by atoms with van der Waals surface area (Å²) in [7, 11) is 0. The van der Waals surface area contributed by atoms with Crippen molar-refractivity contribution >= 4 is 0 Å². The predicted octanol–water partition coefficient (Wildman–Crippen LogP) is -4.38. The SMILES string of the molecule is OC[C@@H]1N[C@@H](CC[C@H]2OC(O)[C@H](O)[C@@H](O)[C@H]2O)[C@H](O)[C@@H]1O. The molecule has 9 heteroatoms. The van der Waals surface area contributed by atoms with Gasteiger partial charge in [0.1, 0.15) is 18.3 Å². The lowest BCUT2D eigenvalue weighted by Crippen LogP contribution is -2.57. The van der Waals surface area contributed by atoms with Crippen molar-refractivity contribution in [1.29, 1.82) is 0 Å². The lowest BCUT2D eigenvalue weighted by Gasteiger charge is -2.38. The van der Waals surface area contributed by atoms with Crippen molar-refractivity contribution in [3.63, 3.8) is 0 Å². The molecule has 0 amide bonds. The van der Waals surface area contributed by atoms with Crippen LogP contribution in [0.15, 0.2) is 0 Å². The lowest BCUT2D eigenvalue weighted by molar-refractivity contribution is -0.283. The van der Waals surface area contributed by atoms with E-state index in [0.717, 1.165) is 0 Å². The third kappa shape index (κ3) is 3.36. The van der Waals surface area contributed by atoms with E-state index in [2.05, 4.69) is 5.32 Å². The zero-order valence-corrected chi connectivity index (χ0v) is 11.4. The average molecular weight is 309 g/mol. The standard InChI is InChI=1S/C12H23NO8/c14-3-5-8(16)7(15)4(13-5)1-2-6-9(17)10(18)11(19)12(20)21-6/h4-20H,1-3H2/t4-,5-,6+,7-,8+,9-,10-,11+,12?/m0/s1. The van der Waals surface area contributed by atoms with E-state index in [0.29, 0.717) is 0 Å². The van der Waals surface area contributed by atoms with Crippen LogP contribution in [0.25, 0.3) is 0 Å². The molecule has 8 N–H and O–H groups in total. The first-order valence-corrected chi connectivity index (χ1v) is 6.97. The summed E-state index contributed by atoms with van der Waals surface area (Å²) >= 11 is 0. The Hall–Kier alpha value is -0.360. The Bertz CT molecular complexity index is 345. The van der Waals surface area contributed by atoms with Crippen LogP contribution in [-0.4, -0.2) is 97.4 Å². The van der Waals surface area contributed by atoms with E-state index in [-0.39, 0.29) is 19.4 Å². The summed E-state index contributed by atoms with van der Waals surface area (Å²) < 4.78 is 5.03. The Morgan fingerprint density at radius 3 is 1.90 bits per heavy atom. The molecule has 124 valence electrons. The van der Waals surface area contributed by atoms with Gasteiger partial charge in [0, 0.05) is 6.04 Å². The normalized spacial score (nSPS) is 51.3. The van der Waals surface area contributed by atoms with Crippen LogP contribution in [0.5, 0.6) is 0 Å². The Morgan fingerprint density at radius 2 is 1.33 bits per heavy atom. The first kappa shape index (κ1) is 17.0. The van der Waals surface area contributed by atoms with Gasteiger partial charge in [0.25, 0.3) is 0 Å². The highest BCUT2D eigenvalue weighted by Crippen LogP contribution is 2.25. The van der Waals surface area contributed by atoms with Crippen LogP contribution in [0.3, 0.4) is 0 Å². The van der Waals surface area contributed by atoms with Crippen LogP contribution in [0.2, 0.25) is 0 Å². The minimum Gasteiger partial charge on any atom is -0.395 e. The largest absolute Gasteiger partial charge is 0.395 e. The number of rotatable bonds is 4. The molecule has 0 aliphatic carbocycles. The van der Waals surface area contributed by atoms with Gasteiger partial charge in [-0.2, -0.15) is 0 Å². The molecule has 2 aliphatic rings. The number of hydrogen-bond acceptors (Lipinski definition) is 9. The second kappa shape index (κ2) is 6.82. The first-order valence-electron chi connectivity index (χ1n) is 6.97. The second-order valence-corrected chi connectivity index (χ2v) is 5.66. The van der Waals surface area contributed by atoms with Crippen LogP contribution >= 0.6 is 0 Å². The van der Waals surface area contributed by atoms with Crippen molar-refractivity contribution in [3.8, 4) is 0 Å². The Balaban J connectivity index is 1.88. The smallest absolute Gasteiger partial charge is 0.183 e. The van der Waals surface area contributed by atoms with E-state index in [1.807, 2.05) is 0 Å². The van der Waals surface area contributed by atoms with E-state index >= 15 is 0 Å². The number of aliphatic hydroxyl groups is 7. The molecule has 2 saturated heterocycles. The number of aliphatic hydroxyl groups excluding tert-OH is 7. The van der Waals surface area contributed by atoms with Gasteiger partial charge in [0.05, 0.1) is 31.0 Å². The van der Waals surface area contributed by atoms with Gasteiger partial charge in [-0.25, -0.2) is 0 Å². The van der Waals surface area contributed by atoms with Gasteiger partial charge in [0.15, 0.2) is 6.29 Å². The molecule has 0 saturated carbocycles. The molecule has 9 atom stereocenters. The molecule has 0 aromatic rings. The summed E-state index contributed by atoms with van der Waals surface area (Å²) in [6.07, 6.45) is -8.64. The number of ether oxygens (including phenoxy) is 1. The van der Waals surface area contributed by atoms with Crippen LogP contribution in [-0.2, 0) is 4.74 Å². The van der Waals surface area contributed by atoms with Crippen LogP contribution < -0.4 is 5.32 Å². The topological polar surface area (TPSA) is 163 Å². The van der Waals surface area contributed by atoms with Gasteiger partial charge < -0.3 is 45.8 Å². The lowest BCUT2D eigenvalue weighted by atomic mass is 9.93. The molecule has 0 bridgehead atoms. The molecular formula is C12H23NO8. The third-order valence-electron chi connectivity index (χ3n) is 4.25. The fourth-order valence-corrected chi connectivity index (χ4v) is 2.88. The van der Waals surface area contributed by atoms with E-state index in [4.69, 9.17) is 9.84 Å². The average Bonchev–Trinajstić information content (AvgIpc) is 2.75. The summed E-state index contributed by atoms with van der Waals surface area (Å²) in [5.74, 6) is 0. The van der Waals surface area contributed by atoms with E-state index < -0.39 is 55.0 Å². The van der Waals surface area contributed by atoms with Crippen molar-refractivity contribution in [2.45, 2.75) is 67.8 Å². The van der Waals surface area contributed by atoms with Gasteiger partial charge in [0.2, 0.25) is 0 Å². The molecule has 1 unspecified atom stereocenters. The monoisotopic (exact) mass is 309 g/mol. The summed E-state index contributed by atoms with van der Waals surface area (Å²) in [4.78, 5) is 0. The van der Waals surface area contributed by atoms with Crippen molar-refractivity contribution in [1.82, 2.24) is 5.32 Å². The zero-order valence-electron chi connectivity index (χ0n) is 11.4. The summed E-state index contributed by atoms with van der Waals surface area (Å²) in [5.41, 5.74) is 0. The molecule has 2 heterocycles. The molecule has 0 spiro atoms. The molecular weight excluding hydrogens is 286 g/mol. The highest BCUT2D eigenvalue weighted by Gasteiger charge is 2.44. The second-order valence-electron chi connectivity index (χ2n) is 5.66. The van der Waals surface area contributed by atoms with Gasteiger partial charge in [-0.05, 0) is 12.8 Å². The minimum atomic E-state index is -1.59. The van der Waals surface area contributed by atoms with Crippen molar-refractivity contribution in [3.05, 3.63) is 0 Å². The molecule has 21 heavy (non-hydrogen) atoms. The van der Waals surface area contributed by atoms with Crippen LogP contribution in [0, 0.1) is 0 Å². The third-order valence-corrected chi connectivity index (χ3v) is 4.25. The van der Waals surface area contributed by atoms with Crippen molar-refractivity contribution < 1.29 is 40.5 Å². The van der Waals surface area contributed by atoms with Gasteiger partial charge in [-0.15, -0.1) is 0 Å². The molecule has 0 aromatic carbocycles. The van der Waals surface area contributed by atoms with Gasteiger partial charge in [-0.3, -0.25) is 0 Å². The van der Waals surface area contributed by atoms with Crippen molar-refractivity contribution in [2.75, 3.05) is 6.61 Å². The Morgan fingerprint density at radius 1 is 0.714 bits per heavy atom.